The third-order valence-corrected chi connectivity index (χ3v) is 3.21. The molecule has 3 heteroatoms. The lowest BCUT2D eigenvalue weighted by Crippen LogP contribution is -2.17. The summed E-state index contributed by atoms with van der Waals surface area (Å²) in [6, 6.07) is 5.69. The molecule has 98 valence electrons. The Morgan fingerprint density at radius 2 is 2.33 bits per heavy atom. The molecule has 0 aromatic heterocycles. The summed E-state index contributed by atoms with van der Waals surface area (Å²) in [7, 11) is 0. The zero-order chi connectivity index (χ0) is 13.0. The van der Waals surface area contributed by atoms with Crippen molar-refractivity contribution in [3.8, 4) is 11.5 Å². The summed E-state index contributed by atoms with van der Waals surface area (Å²) in [5.74, 6) is 1.63. The lowest BCUT2D eigenvalue weighted by molar-refractivity contribution is -0.0202. The fourth-order valence-electron chi connectivity index (χ4n) is 2.26. The van der Waals surface area contributed by atoms with Crippen LogP contribution < -0.4 is 9.47 Å². The molecule has 0 fully saturated rings. The number of hydrogen-bond acceptors (Lipinski definition) is 3. The Bertz CT molecular complexity index is 414. The van der Waals surface area contributed by atoms with Crippen molar-refractivity contribution in [1.29, 1.82) is 0 Å². The van der Waals surface area contributed by atoms with Crippen molar-refractivity contribution >= 4 is 0 Å². The van der Waals surface area contributed by atoms with Gasteiger partial charge in [-0.2, -0.15) is 0 Å². The fourth-order valence-corrected chi connectivity index (χ4v) is 2.26. The molecule has 18 heavy (non-hydrogen) atoms. The summed E-state index contributed by atoms with van der Waals surface area (Å²) < 4.78 is 11.0. The molecule has 1 heterocycles. The molecule has 1 aliphatic rings. The van der Waals surface area contributed by atoms with Gasteiger partial charge in [-0.3, -0.25) is 0 Å². The largest absolute Gasteiger partial charge is 0.490 e. The van der Waals surface area contributed by atoms with E-state index in [1.807, 2.05) is 18.2 Å². The molecule has 2 atom stereocenters. The maximum atomic E-state index is 9.92. The monoisotopic (exact) mass is 248 g/mol. The Morgan fingerprint density at radius 1 is 1.50 bits per heavy atom. The summed E-state index contributed by atoms with van der Waals surface area (Å²) >= 11 is 0. The zero-order valence-corrected chi connectivity index (χ0v) is 10.8. The summed E-state index contributed by atoms with van der Waals surface area (Å²) in [4.78, 5) is 0. The van der Waals surface area contributed by atoms with Crippen molar-refractivity contribution in [2.24, 2.45) is 0 Å². The predicted molar refractivity (Wildman–Crippen MR) is 71.0 cm³/mol. The summed E-state index contributed by atoms with van der Waals surface area (Å²) in [5.41, 5.74) is 1.05. The predicted octanol–water partition coefficient (Wildman–Crippen LogP) is 3.24. The number of ether oxygens (including phenoxy) is 2. The van der Waals surface area contributed by atoms with Gasteiger partial charge in [-0.1, -0.05) is 32.4 Å². The van der Waals surface area contributed by atoms with E-state index in [2.05, 4.69) is 13.5 Å². The highest BCUT2D eigenvalue weighted by molar-refractivity contribution is 5.45. The first-order valence-electron chi connectivity index (χ1n) is 6.48. The first-order chi connectivity index (χ1) is 8.76. The van der Waals surface area contributed by atoms with Gasteiger partial charge in [-0.05, 0) is 24.6 Å². The molecule has 2 rings (SSSR count). The maximum absolute atomic E-state index is 9.92. The van der Waals surface area contributed by atoms with Crippen molar-refractivity contribution in [2.45, 2.75) is 38.4 Å². The van der Waals surface area contributed by atoms with Crippen LogP contribution in [0.5, 0.6) is 11.5 Å². The second kappa shape index (κ2) is 5.91. The van der Waals surface area contributed by atoms with Crippen LogP contribution >= 0.6 is 0 Å². The van der Waals surface area contributed by atoms with Crippen LogP contribution in [0.3, 0.4) is 0 Å². The second-order valence-electron chi connectivity index (χ2n) is 4.56. The van der Waals surface area contributed by atoms with Gasteiger partial charge in [-0.25, -0.2) is 0 Å². The maximum Gasteiger partial charge on any atom is 0.204 e. The zero-order valence-electron chi connectivity index (χ0n) is 10.8. The van der Waals surface area contributed by atoms with Crippen molar-refractivity contribution in [3.63, 3.8) is 0 Å². The van der Waals surface area contributed by atoms with Crippen molar-refractivity contribution in [3.05, 3.63) is 36.4 Å². The number of hydrogen-bond donors (Lipinski definition) is 1. The van der Waals surface area contributed by atoms with Crippen LogP contribution in [0.15, 0.2) is 30.9 Å². The Morgan fingerprint density at radius 3 is 3.06 bits per heavy atom. The van der Waals surface area contributed by atoms with E-state index >= 15 is 0 Å². The van der Waals surface area contributed by atoms with Gasteiger partial charge in [0.2, 0.25) is 6.29 Å². The Labute approximate surface area is 108 Å². The SMILES string of the molecule is C=CCOc1ccc2c(c1)[C@@H](CCCC)[C@@H](O)O2. The molecule has 0 aliphatic carbocycles. The van der Waals surface area contributed by atoms with Crippen LogP contribution in [0.1, 0.15) is 37.7 Å². The molecule has 1 aromatic carbocycles. The quantitative estimate of drug-likeness (QED) is 0.785. The van der Waals surface area contributed by atoms with Crippen molar-refractivity contribution in [2.75, 3.05) is 6.61 Å². The van der Waals surface area contributed by atoms with Crippen LogP contribution in [0, 0.1) is 0 Å². The molecular weight excluding hydrogens is 228 g/mol. The molecule has 0 amide bonds. The van der Waals surface area contributed by atoms with E-state index in [0.717, 1.165) is 36.3 Å². The van der Waals surface area contributed by atoms with E-state index in [4.69, 9.17) is 9.47 Å². The lowest BCUT2D eigenvalue weighted by atomic mass is 9.94. The lowest BCUT2D eigenvalue weighted by Gasteiger charge is -2.13. The van der Waals surface area contributed by atoms with Crippen molar-refractivity contribution < 1.29 is 14.6 Å². The second-order valence-corrected chi connectivity index (χ2v) is 4.56. The molecular formula is C15H20O3. The third-order valence-electron chi connectivity index (χ3n) is 3.21. The molecule has 0 unspecified atom stereocenters. The minimum absolute atomic E-state index is 0.0623. The van der Waals surface area contributed by atoms with Crippen LogP contribution in [0.2, 0.25) is 0 Å². The van der Waals surface area contributed by atoms with Gasteiger partial charge in [0, 0.05) is 5.56 Å². The molecule has 1 aliphatic heterocycles. The topological polar surface area (TPSA) is 38.7 Å². The summed E-state index contributed by atoms with van der Waals surface area (Å²) in [6.07, 6.45) is 4.14. The third kappa shape index (κ3) is 2.67. The van der Waals surface area contributed by atoms with E-state index in [9.17, 15) is 5.11 Å². The molecule has 1 N–H and O–H groups in total. The van der Waals surface area contributed by atoms with Gasteiger partial charge in [0.25, 0.3) is 0 Å². The number of benzene rings is 1. The molecule has 0 saturated heterocycles. The molecule has 0 saturated carbocycles. The molecule has 1 aromatic rings. The number of aliphatic hydroxyl groups excluding tert-OH is 1. The van der Waals surface area contributed by atoms with Crippen molar-refractivity contribution in [1.82, 2.24) is 0 Å². The van der Waals surface area contributed by atoms with Crippen LogP contribution in [-0.4, -0.2) is 18.0 Å². The van der Waals surface area contributed by atoms with Gasteiger partial charge in [0.05, 0.1) is 5.92 Å². The standard InChI is InChI=1S/C15H20O3/c1-3-5-6-12-13-10-11(17-9-4-2)7-8-14(13)18-15(12)16/h4,7-8,10,12,15-16H,2-3,5-6,9H2,1H3/t12-,15+/m1/s1. The highest BCUT2D eigenvalue weighted by Crippen LogP contribution is 2.41. The number of rotatable bonds is 6. The van der Waals surface area contributed by atoms with Crippen LogP contribution in [-0.2, 0) is 0 Å². The van der Waals surface area contributed by atoms with E-state index in [1.54, 1.807) is 6.08 Å². The molecule has 0 bridgehead atoms. The summed E-state index contributed by atoms with van der Waals surface area (Å²) in [5, 5.41) is 9.92. The first kappa shape index (κ1) is 13.0. The first-order valence-corrected chi connectivity index (χ1v) is 6.48. The van der Waals surface area contributed by atoms with Crippen LogP contribution in [0.25, 0.3) is 0 Å². The average molecular weight is 248 g/mol. The van der Waals surface area contributed by atoms with Gasteiger partial charge < -0.3 is 14.6 Å². The highest BCUT2D eigenvalue weighted by atomic mass is 16.6. The minimum Gasteiger partial charge on any atom is -0.490 e. The molecule has 3 nitrogen and oxygen atoms in total. The Balaban J connectivity index is 2.16. The Kier molecular flexibility index (Phi) is 4.26. The number of unbranched alkanes of at least 4 members (excludes halogenated alkanes) is 1. The molecule has 0 radical (unpaired) electrons. The van der Waals surface area contributed by atoms with E-state index in [0.29, 0.717) is 6.61 Å². The summed E-state index contributed by atoms with van der Waals surface area (Å²) in [6.45, 7) is 6.26. The minimum atomic E-state index is -0.721. The van der Waals surface area contributed by atoms with Gasteiger partial charge in [0.15, 0.2) is 0 Å². The average Bonchev–Trinajstić information content (AvgIpc) is 2.69. The Hall–Kier alpha value is -1.48. The van der Waals surface area contributed by atoms with E-state index < -0.39 is 6.29 Å². The van der Waals surface area contributed by atoms with Gasteiger partial charge in [0.1, 0.15) is 18.1 Å². The van der Waals surface area contributed by atoms with E-state index in [-0.39, 0.29) is 5.92 Å². The highest BCUT2D eigenvalue weighted by Gasteiger charge is 2.32. The van der Waals surface area contributed by atoms with Crippen LogP contribution in [0.4, 0.5) is 0 Å². The number of fused-ring (bicyclic) bond motifs is 1. The van der Waals surface area contributed by atoms with Gasteiger partial charge in [-0.15, -0.1) is 0 Å². The van der Waals surface area contributed by atoms with E-state index in [1.165, 1.54) is 0 Å². The normalized spacial score (nSPS) is 21.2. The molecule has 0 spiro atoms. The fraction of sp³-hybridized carbons (Fsp3) is 0.467. The smallest absolute Gasteiger partial charge is 0.204 e. The van der Waals surface area contributed by atoms with Gasteiger partial charge >= 0.3 is 0 Å². The number of aliphatic hydroxyl groups is 1.